The number of benzene rings is 2. The number of thiophene rings is 1. The van der Waals surface area contributed by atoms with E-state index in [2.05, 4.69) is 66.1 Å². The Labute approximate surface area is 215 Å². The molecular weight excluding hydrogens is 470 g/mol. The molecule has 1 amide bonds. The maximum Gasteiger partial charge on any atom is 0.226 e. The van der Waals surface area contributed by atoms with Gasteiger partial charge in [0, 0.05) is 16.5 Å². The Hall–Kier alpha value is -2.80. The summed E-state index contributed by atoms with van der Waals surface area (Å²) in [5, 5.41) is 6.45. The zero-order valence-electron chi connectivity index (χ0n) is 20.2. The molecule has 4 aromatic rings. The molecule has 5 rings (SSSR count). The molecule has 2 aromatic heterocycles. The molecule has 0 saturated heterocycles. The summed E-state index contributed by atoms with van der Waals surface area (Å²) in [5.74, 6) is 0.0607. The first kappa shape index (κ1) is 23.9. The van der Waals surface area contributed by atoms with Crippen molar-refractivity contribution < 1.29 is 4.79 Å². The van der Waals surface area contributed by atoms with Gasteiger partial charge in [-0.25, -0.2) is 4.98 Å². The van der Waals surface area contributed by atoms with Gasteiger partial charge in [-0.05, 0) is 56.8 Å². The van der Waals surface area contributed by atoms with Crippen molar-refractivity contribution in [2.45, 2.75) is 43.7 Å². The molecule has 6 heteroatoms. The van der Waals surface area contributed by atoms with E-state index >= 15 is 0 Å². The third kappa shape index (κ3) is 5.10. The molecule has 2 heterocycles. The van der Waals surface area contributed by atoms with Gasteiger partial charge in [-0.15, -0.1) is 22.7 Å². The molecule has 2 aromatic carbocycles. The van der Waals surface area contributed by atoms with E-state index in [1.54, 1.807) is 11.3 Å². The molecule has 0 bridgehead atoms. The molecule has 0 aliphatic heterocycles. The minimum absolute atomic E-state index is 0.0607. The lowest BCUT2D eigenvalue weighted by molar-refractivity contribution is -0.121. The fraction of sp³-hybridized carbons (Fsp3) is 0.310. The molecular formula is C29H31N3OS2. The number of hydrogen-bond acceptors (Lipinski definition) is 5. The second-order valence-electron chi connectivity index (χ2n) is 9.45. The van der Waals surface area contributed by atoms with Crippen LogP contribution in [0.1, 0.15) is 36.3 Å². The summed E-state index contributed by atoms with van der Waals surface area (Å²) in [6.45, 7) is 0. The van der Waals surface area contributed by atoms with Gasteiger partial charge in [0.2, 0.25) is 5.91 Å². The van der Waals surface area contributed by atoms with Gasteiger partial charge in [0.25, 0.3) is 0 Å². The first-order valence-electron chi connectivity index (χ1n) is 12.2. The molecule has 0 atom stereocenters. The Balaban J connectivity index is 1.30. The van der Waals surface area contributed by atoms with E-state index in [0.29, 0.717) is 6.42 Å². The fourth-order valence-electron chi connectivity index (χ4n) is 5.12. The van der Waals surface area contributed by atoms with Crippen molar-refractivity contribution in [3.63, 3.8) is 0 Å². The van der Waals surface area contributed by atoms with Gasteiger partial charge in [-0.2, -0.15) is 0 Å². The fourth-order valence-corrected chi connectivity index (χ4v) is 7.28. The van der Waals surface area contributed by atoms with Crippen LogP contribution in [-0.4, -0.2) is 35.9 Å². The Bertz CT molecular complexity index is 1240. The van der Waals surface area contributed by atoms with Gasteiger partial charge < -0.3 is 5.32 Å². The lowest BCUT2D eigenvalue weighted by Crippen LogP contribution is -2.48. The molecule has 1 N–H and O–H groups in total. The summed E-state index contributed by atoms with van der Waals surface area (Å²) in [7, 11) is 4.35. The Morgan fingerprint density at radius 1 is 0.971 bits per heavy atom. The van der Waals surface area contributed by atoms with Crippen molar-refractivity contribution in [3.8, 4) is 21.0 Å². The van der Waals surface area contributed by atoms with Crippen LogP contribution in [0.2, 0.25) is 0 Å². The standard InChI is InChI=1S/C29H31N3OS2/c1-32(2)29(25-14-9-19-34-25)17-15-23(16-18-29)30-26(33)20-24-27(21-10-5-3-6-11-21)35-28(31-24)22-12-7-4-8-13-22/h3-14,19,23H,15-18,20H2,1-2H3,(H,30,33). The Morgan fingerprint density at radius 3 is 2.23 bits per heavy atom. The summed E-state index contributed by atoms with van der Waals surface area (Å²) in [5.41, 5.74) is 3.13. The molecule has 180 valence electrons. The summed E-state index contributed by atoms with van der Waals surface area (Å²) in [6.07, 6.45) is 4.37. The highest BCUT2D eigenvalue weighted by Crippen LogP contribution is 2.43. The van der Waals surface area contributed by atoms with Gasteiger partial charge in [-0.3, -0.25) is 9.69 Å². The first-order chi connectivity index (χ1) is 17.0. The number of carbonyl (C=O) groups is 1. The van der Waals surface area contributed by atoms with Crippen LogP contribution in [0.25, 0.3) is 21.0 Å². The SMILES string of the molecule is CN(C)C1(c2cccs2)CCC(NC(=O)Cc2nc(-c3ccccc3)sc2-c2ccccc2)CC1. The van der Waals surface area contributed by atoms with Gasteiger partial charge in [0.1, 0.15) is 5.01 Å². The monoisotopic (exact) mass is 501 g/mol. The van der Waals surface area contributed by atoms with E-state index in [9.17, 15) is 4.79 Å². The van der Waals surface area contributed by atoms with E-state index in [4.69, 9.17) is 4.98 Å². The van der Waals surface area contributed by atoms with E-state index in [0.717, 1.165) is 52.4 Å². The molecule has 1 aliphatic rings. The van der Waals surface area contributed by atoms with Crippen LogP contribution in [0.4, 0.5) is 0 Å². The number of hydrogen-bond donors (Lipinski definition) is 1. The van der Waals surface area contributed by atoms with Crippen molar-refractivity contribution in [1.82, 2.24) is 15.2 Å². The average Bonchev–Trinajstić information content (AvgIpc) is 3.57. The van der Waals surface area contributed by atoms with E-state index in [1.165, 1.54) is 4.88 Å². The van der Waals surface area contributed by atoms with E-state index < -0.39 is 0 Å². The quantitative estimate of drug-likeness (QED) is 0.310. The molecule has 4 nitrogen and oxygen atoms in total. The highest BCUT2D eigenvalue weighted by Gasteiger charge is 2.39. The molecule has 0 radical (unpaired) electrons. The smallest absolute Gasteiger partial charge is 0.226 e. The minimum Gasteiger partial charge on any atom is -0.353 e. The number of thiazole rings is 1. The van der Waals surface area contributed by atoms with Crippen LogP contribution in [0.3, 0.4) is 0 Å². The number of amides is 1. The van der Waals surface area contributed by atoms with E-state index in [-0.39, 0.29) is 17.5 Å². The Morgan fingerprint density at radius 2 is 1.63 bits per heavy atom. The van der Waals surface area contributed by atoms with Crippen molar-refractivity contribution in [1.29, 1.82) is 0 Å². The van der Waals surface area contributed by atoms with Crippen LogP contribution < -0.4 is 5.32 Å². The molecule has 1 aliphatic carbocycles. The molecule has 1 saturated carbocycles. The largest absolute Gasteiger partial charge is 0.353 e. The van der Waals surface area contributed by atoms with Gasteiger partial charge in [0.15, 0.2) is 0 Å². The lowest BCUT2D eigenvalue weighted by Gasteiger charge is -2.44. The van der Waals surface area contributed by atoms with Crippen LogP contribution in [0, 0.1) is 0 Å². The third-order valence-corrected chi connectivity index (χ3v) is 9.35. The van der Waals surface area contributed by atoms with Crippen LogP contribution >= 0.6 is 22.7 Å². The van der Waals surface area contributed by atoms with Gasteiger partial charge in [-0.1, -0.05) is 66.7 Å². The van der Waals surface area contributed by atoms with Crippen LogP contribution in [-0.2, 0) is 16.8 Å². The zero-order chi connectivity index (χ0) is 24.3. The third-order valence-electron chi connectivity index (χ3n) is 7.10. The van der Waals surface area contributed by atoms with Crippen molar-refractivity contribution in [2.75, 3.05) is 14.1 Å². The topological polar surface area (TPSA) is 45.2 Å². The highest BCUT2D eigenvalue weighted by molar-refractivity contribution is 7.18. The van der Waals surface area contributed by atoms with E-state index in [1.807, 2.05) is 47.7 Å². The lowest BCUT2D eigenvalue weighted by atomic mass is 9.77. The summed E-state index contributed by atoms with van der Waals surface area (Å²) < 4.78 is 0. The van der Waals surface area contributed by atoms with Gasteiger partial charge in [0.05, 0.1) is 22.5 Å². The molecule has 35 heavy (non-hydrogen) atoms. The summed E-state index contributed by atoms with van der Waals surface area (Å²) in [4.78, 5) is 23.0. The molecule has 0 spiro atoms. The molecule has 0 unspecified atom stereocenters. The predicted molar refractivity (Wildman–Crippen MR) is 147 cm³/mol. The van der Waals surface area contributed by atoms with Crippen molar-refractivity contribution >= 4 is 28.6 Å². The summed E-state index contributed by atoms with van der Waals surface area (Å²) in [6, 6.07) is 25.1. The average molecular weight is 502 g/mol. The molecule has 1 fully saturated rings. The maximum absolute atomic E-state index is 13.2. The van der Waals surface area contributed by atoms with Crippen LogP contribution in [0.15, 0.2) is 78.2 Å². The second-order valence-corrected chi connectivity index (χ2v) is 11.4. The van der Waals surface area contributed by atoms with Crippen LogP contribution in [0.5, 0.6) is 0 Å². The minimum atomic E-state index is 0.0607. The first-order valence-corrected chi connectivity index (χ1v) is 13.9. The number of rotatable bonds is 7. The van der Waals surface area contributed by atoms with Crippen molar-refractivity contribution in [3.05, 3.63) is 88.7 Å². The highest BCUT2D eigenvalue weighted by atomic mass is 32.1. The normalized spacial score (nSPS) is 20.1. The maximum atomic E-state index is 13.2. The predicted octanol–water partition coefficient (Wildman–Crippen LogP) is 6.60. The zero-order valence-corrected chi connectivity index (χ0v) is 21.9. The second kappa shape index (κ2) is 10.4. The number of nitrogens with zero attached hydrogens (tertiary/aromatic N) is 2. The van der Waals surface area contributed by atoms with Gasteiger partial charge >= 0.3 is 0 Å². The Kier molecular flexibility index (Phi) is 7.14. The number of aromatic nitrogens is 1. The van der Waals surface area contributed by atoms with Crippen molar-refractivity contribution in [2.24, 2.45) is 0 Å². The summed E-state index contributed by atoms with van der Waals surface area (Å²) >= 11 is 3.50. The number of carbonyl (C=O) groups excluding carboxylic acids is 1. The number of nitrogens with one attached hydrogen (secondary N) is 1.